The molecule has 5 rings (SSSR count). The zero-order valence-corrected chi connectivity index (χ0v) is 18.6. The summed E-state index contributed by atoms with van der Waals surface area (Å²) in [5.74, 6) is -1.89. The molecular weight excluding hydrogens is 450 g/mol. The summed E-state index contributed by atoms with van der Waals surface area (Å²) in [6, 6.07) is 11.3. The van der Waals surface area contributed by atoms with Crippen molar-refractivity contribution >= 4 is 51.2 Å². The minimum atomic E-state index is -0.895. The fraction of sp³-hybridized carbons (Fsp3) is 0.136. The zero-order chi connectivity index (χ0) is 22.6. The maximum Gasteiger partial charge on any atom is 0.301 e. The van der Waals surface area contributed by atoms with Gasteiger partial charge in [-0.2, -0.15) is 0 Å². The van der Waals surface area contributed by atoms with Crippen molar-refractivity contribution in [3.8, 4) is 0 Å². The molecule has 0 saturated carbocycles. The second-order valence-electron chi connectivity index (χ2n) is 7.30. The van der Waals surface area contributed by atoms with Crippen LogP contribution in [0.5, 0.6) is 0 Å². The summed E-state index contributed by atoms with van der Waals surface area (Å²) in [7, 11) is 0. The Morgan fingerprint density at radius 1 is 1.09 bits per heavy atom. The molecule has 0 bridgehead atoms. The van der Waals surface area contributed by atoms with Crippen molar-refractivity contribution in [1.29, 1.82) is 0 Å². The highest BCUT2D eigenvalue weighted by Crippen LogP contribution is 2.43. The molecule has 160 valence electrons. The quantitative estimate of drug-likeness (QED) is 0.278. The van der Waals surface area contributed by atoms with Gasteiger partial charge in [0.25, 0.3) is 5.78 Å². The van der Waals surface area contributed by atoms with Gasteiger partial charge in [0.15, 0.2) is 5.76 Å². The number of aliphatic hydroxyl groups is 1. The fourth-order valence-corrected chi connectivity index (χ4v) is 4.74. The lowest BCUT2D eigenvalue weighted by molar-refractivity contribution is -0.132. The van der Waals surface area contributed by atoms with Crippen LogP contribution >= 0.6 is 22.9 Å². The molecule has 1 saturated heterocycles. The van der Waals surface area contributed by atoms with Crippen LogP contribution in [-0.2, 0) is 9.59 Å². The van der Waals surface area contributed by atoms with E-state index in [9.17, 15) is 14.7 Å². The number of imidazole rings is 1. The van der Waals surface area contributed by atoms with Crippen LogP contribution in [0.2, 0.25) is 5.02 Å². The maximum atomic E-state index is 13.2. The van der Waals surface area contributed by atoms with Gasteiger partial charge in [-0.3, -0.25) is 18.9 Å². The van der Waals surface area contributed by atoms with Gasteiger partial charge < -0.3 is 5.11 Å². The predicted octanol–water partition coefficient (Wildman–Crippen LogP) is 4.08. The number of aromatic nitrogens is 4. The van der Waals surface area contributed by atoms with E-state index in [0.717, 1.165) is 0 Å². The first-order valence-corrected chi connectivity index (χ1v) is 10.9. The van der Waals surface area contributed by atoms with Crippen molar-refractivity contribution in [2.24, 2.45) is 0 Å². The van der Waals surface area contributed by atoms with E-state index in [-0.39, 0.29) is 16.5 Å². The number of aliphatic hydroxyl groups excluding tert-OH is 1. The first-order valence-electron chi connectivity index (χ1n) is 9.67. The molecular formula is C22H16ClN5O3S. The van der Waals surface area contributed by atoms with Crippen molar-refractivity contribution in [1.82, 2.24) is 19.6 Å². The van der Waals surface area contributed by atoms with Gasteiger partial charge in [0.2, 0.25) is 5.13 Å². The molecule has 1 fully saturated rings. The third-order valence-electron chi connectivity index (χ3n) is 5.28. The Bertz CT molecular complexity index is 1420. The molecule has 32 heavy (non-hydrogen) atoms. The van der Waals surface area contributed by atoms with E-state index in [1.54, 1.807) is 60.8 Å². The van der Waals surface area contributed by atoms with Gasteiger partial charge in [-0.25, -0.2) is 4.98 Å². The lowest BCUT2D eigenvalue weighted by Crippen LogP contribution is -2.29. The lowest BCUT2D eigenvalue weighted by atomic mass is 9.96. The average Bonchev–Trinajstić information content (AvgIpc) is 3.42. The topological polar surface area (TPSA) is 101 Å². The number of hydrogen-bond acceptors (Lipinski definition) is 7. The van der Waals surface area contributed by atoms with Gasteiger partial charge in [0.1, 0.15) is 16.3 Å². The van der Waals surface area contributed by atoms with Crippen LogP contribution in [0.25, 0.3) is 11.4 Å². The largest absolute Gasteiger partial charge is 0.505 e. The number of pyridine rings is 1. The monoisotopic (exact) mass is 465 g/mol. The molecule has 4 aromatic rings. The molecule has 1 aromatic carbocycles. The van der Waals surface area contributed by atoms with Gasteiger partial charge in [-0.1, -0.05) is 41.1 Å². The number of rotatable bonds is 3. The van der Waals surface area contributed by atoms with Crippen molar-refractivity contribution in [3.63, 3.8) is 0 Å². The summed E-state index contributed by atoms with van der Waals surface area (Å²) in [6.45, 7) is 3.50. The van der Waals surface area contributed by atoms with Gasteiger partial charge in [0.05, 0.1) is 17.3 Å². The second kappa shape index (κ2) is 7.54. The first kappa shape index (κ1) is 20.3. The van der Waals surface area contributed by atoms with Crippen LogP contribution in [0, 0.1) is 13.8 Å². The van der Waals surface area contributed by atoms with E-state index < -0.39 is 17.7 Å². The summed E-state index contributed by atoms with van der Waals surface area (Å²) >= 11 is 7.25. The highest BCUT2D eigenvalue weighted by atomic mass is 35.5. The average molecular weight is 466 g/mol. The Morgan fingerprint density at radius 2 is 1.84 bits per heavy atom. The molecule has 1 unspecified atom stereocenters. The molecule has 3 aromatic heterocycles. The summed E-state index contributed by atoms with van der Waals surface area (Å²) in [6.07, 6.45) is 1.74. The number of ketones is 1. The Labute approximate surface area is 191 Å². The smallest absolute Gasteiger partial charge is 0.301 e. The van der Waals surface area contributed by atoms with Crippen LogP contribution in [0.15, 0.2) is 54.2 Å². The van der Waals surface area contributed by atoms with E-state index in [0.29, 0.717) is 32.6 Å². The van der Waals surface area contributed by atoms with Crippen LogP contribution < -0.4 is 4.90 Å². The highest BCUT2D eigenvalue weighted by molar-refractivity contribution is 7.15. The fourth-order valence-electron chi connectivity index (χ4n) is 3.90. The van der Waals surface area contributed by atoms with Gasteiger partial charge >= 0.3 is 5.91 Å². The molecule has 0 radical (unpaired) electrons. The first-order chi connectivity index (χ1) is 15.4. The molecule has 1 atom stereocenters. The van der Waals surface area contributed by atoms with Crippen molar-refractivity contribution < 1.29 is 14.7 Å². The number of nitrogens with zero attached hydrogens (tertiary/aromatic N) is 5. The minimum Gasteiger partial charge on any atom is -0.505 e. The molecule has 1 amide bonds. The number of aryl methyl sites for hydroxylation is 2. The Hall–Kier alpha value is -3.56. The van der Waals surface area contributed by atoms with Crippen LogP contribution in [-0.4, -0.2) is 36.4 Å². The molecule has 10 heteroatoms. The number of carbonyl (C=O) groups is 2. The summed E-state index contributed by atoms with van der Waals surface area (Å²) in [5, 5.41) is 20.9. The number of fused-ring (bicyclic) bond motifs is 1. The van der Waals surface area contributed by atoms with Gasteiger partial charge in [-0.05, 0) is 43.7 Å². The SMILES string of the molecule is Cc1nnc(N2C(=O)C(=O)/C(=C(/O)c3c(C)nc4ccccn34)C2c2ccc(Cl)cc2)s1. The van der Waals surface area contributed by atoms with Crippen LogP contribution in [0.4, 0.5) is 5.13 Å². The standard InChI is InChI=1S/C22H16ClN5O3S/c1-11-17(27-10-4-3-5-15(27)24-11)19(29)16-18(13-6-8-14(23)9-7-13)28(21(31)20(16)30)22-26-25-12(2)32-22/h3-10,18,29H,1-2H3/b19-16+. The Balaban J connectivity index is 1.78. The molecule has 8 nitrogen and oxygen atoms in total. The third-order valence-corrected chi connectivity index (χ3v) is 6.37. The van der Waals surface area contributed by atoms with Crippen molar-refractivity contribution in [2.45, 2.75) is 19.9 Å². The number of Topliss-reactive ketones (excluding diaryl/α,β-unsaturated/α-hetero) is 1. The number of benzene rings is 1. The third kappa shape index (κ3) is 3.09. The molecule has 1 aliphatic heterocycles. The molecule has 0 aliphatic carbocycles. The Morgan fingerprint density at radius 3 is 2.53 bits per heavy atom. The zero-order valence-electron chi connectivity index (χ0n) is 17.0. The lowest BCUT2D eigenvalue weighted by Gasteiger charge is -2.22. The summed E-state index contributed by atoms with van der Waals surface area (Å²) in [4.78, 5) is 32.1. The summed E-state index contributed by atoms with van der Waals surface area (Å²) < 4.78 is 1.69. The van der Waals surface area contributed by atoms with E-state index in [4.69, 9.17) is 11.6 Å². The normalized spacial score (nSPS) is 18.1. The minimum absolute atomic E-state index is 0.0427. The van der Waals surface area contributed by atoms with Crippen LogP contribution in [0.3, 0.4) is 0 Å². The van der Waals surface area contributed by atoms with Crippen LogP contribution in [0.1, 0.15) is 28.0 Å². The van der Waals surface area contributed by atoms with Gasteiger partial charge in [0, 0.05) is 11.2 Å². The molecule has 1 N–H and O–H groups in total. The van der Waals surface area contributed by atoms with E-state index in [1.165, 1.54) is 16.2 Å². The molecule has 0 spiro atoms. The van der Waals surface area contributed by atoms with E-state index in [2.05, 4.69) is 15.2 Å². The van der Waals surface area contributed by atoms with E-state index in [1.807, 2.05) is 6.07 Å². The summed E-state index contributed by atoms with van der Waals surface area (Å²) in [5.41, 5.74) is 2.06. The predicted molar refractivity (Wildman–Crippen MR) is 121 cm³/mol. The Kier molecular flexibility index (Phi) is 4.79. The number of halogens is 1. The van der Waals surface area contributed by atoms with E-state index >= 15 is 0 Å². The highest BCUT2D eigenvalue weighted by Gasteiger charge is 2.48. The maximum absolute atomic E-state index is 13.2. The van der Waals surface area contributed by atoms with Crippen molar-refractivity contribution in [3.05, 3.63) is 81.2 Å². The van der Waals surface area contributed by atoms with Gasteiger partial charge in [-0.15, -0.1) is 10.2 Å². The molecule has 1 aliphatic rings. The van der Waals surface area contributed by atoms with Crippen molar-refractivity contribution in [2.75, 3.05) is 4.90 Å². The number of carbonyl (C=O) groups excluding carboxylic acids is 2. The molecule has 4 heterocycles. The second-order valence-corrected chi connectivity index (χ2v) is 8.90. The number of anilines is 1. The number of hydrogen-bond donors (Lipinski definition) is 1. The number of amides is 1.